The summed E-state index contributed by atoms with van der Waals surface area (Å²) in [5, 5.41) is 0.549. The minimum absolute atomic E-state index is 0.00922. The molecule has 1 aromatic heterocycles. The van der Waals surface area contributed by atoms with Crippen LogP contribution in [0.3, 0.4) is 0 Å². The largest absolute Gasteiger partial charge is 0.444 e. The molecule has 0 N–H and O–H groups in total. The van der Waals surface area contributed by atoms with Crippen LogP contribution in [0.4, 0.5) is 4.39 Å². The number of hydrogen-bond donors (Lipinski definition) is 0. The summed E-state index contributed by atoms with van der Waals surface area (Å²) in [6.07, 6.45) is 1.40. The highest BCUT2D eigenvalue weighted by Gasteiger charge is 2.22. The summed E-state index contributed by atoms with van der Waals surface area (Å²) in [4.78, 5) is 4.30. The Labute approximate surface area is 149 Å². The number of rotatable bonds is 5. The molecule has 0 aliphatic heterocycles. The maximum absolute atomic E-state index is 13.0. The molecule has 1 heterocycles. The van der Waals surface area contributed by atoms with Crippen LogP contribution in [0, 0.1) is 5.82 Å². The maximum Gasteiger partial charge on any atom is 0.243 e. The van der Waals surface area contributed by atoms with Crippen LogP contribution in [0.25, 0.3) is 11.5 Å². The first-order valence-corrected chi connectivity index (χ1v) is 9.10. The highest BCUT2D eigenvalue weighted by Crippen LogP contribution is 2.23. The molecular weight excluding hydrogens is 367 g/mol. The fourth-order valence-corrected chi connectivity index (χ4v) is 3.57. The molecule has 3 rings (SSSR count). The molecule has 0 fully saturated rings. The maximum atomic E-state index is 13.0. The van der Waals surface area contributed by atoms with Crippen molar-refractivity contribution in [1.82, 2.24) is 9.29 Å². The van der Waals surface area contributed by atoms with Gasteiger partial charge in [0.05, 0.1) is 17.1 Å². The number of nitrogens with zero attached hydrogens (tertiary/aromatic N) is 2. The number of halogens is 2. The van der Waals surface area contributed by atoms with Crippen molar-refractivity contribution in [1.29, 1.82) is 0 Å². The number of hydrogen-bond acceptors (Lipinski definition) is 4. The molecule has 5 nitrogen and oxygen atoms in total. The van der Waals surface area contributed by atoms with Gasteiger partial charge in [0.2, 0.25) is 15.9 Å². The van der Waals surface area contributed by atoms with Gasteiger partial charge in [0, 0.05) is 17.6 Å². The normalized spacial score (nSPS) is 11.8. The molecule has 130 valence electrons. The van der Waals surface area contributed by atoms with E-state index in [0.29, 0.717) is 22.2 Å². The van der Waals surface area contributed by atoms with Crippen molar-refractivity contribution in [3.63, 3.8) is 0 Å². The van der Waals surface area contributed by atoms with Gasteiger partial charge in [0.25, 0.3) is 0 Å². The molecule has 0 radical (unpaired) electrons. The summed E-state index contributed by atoms with van der Waals surface area (Å²) in [5.41, 5.74) is 1.14. The Balaban J connectivity index is 1.79. The lowest BCUT2D eigenvalue weighted by Gasteiger charge is -2.15. The Morgan fingerprint density at radius 3 is 2.60 bits per heavy atom. The van der Waals surface area contributed by atoms with Crippen molar-refractivity contribution in [3.8, 4) is 11.5 Å². The Morgan fingerprint density at radius 2 is 1.92 bits per heavy atom. The van der Waals surface area contributed by atoms with Gasteiger partial charge in [0.15, 0.2) is 0 Å². The van der Waals surface area contributed by atoms with Crippen LogP contribution in [0.2, 0.25) is 5.02 Å². The van der Waals surface area contributed by atoms with Crippen LogP contribution >= 0.6 is 11.6 Å². The third-order valence-electron chi connectivity index (χ3n) is 3.53. The zero-order valence-corrected chi connectivity index (χ0v) is 14.8. The SMILES string of the molecule is CN(Cc1coc(-c2cccc(Cl)c2)n1)S(=O)(=O)c1ccc(F)cc1. The second-order valence-electron chi connectivity index (χ2n) is 5.37. The minimum Gasteiger partial charge on any atom is -0.444 e. The zero-order valence-electron chi connectivity index (χ0n) is 13.2. The van der Waals surface area contributed by atoms with Gasteiger partial charge >= 0.3 is 0 Å². The lowest BCUT2D eigenvalue weighted by molar-refractivity contribution is 0.460. The van der Waals surface area contributed by atoms with Crippen LogP contribution < -0.4 is 0 Å². The van der Waals surface area contributed by atoms with E-state index >= 15 is 0 Å². The van der Waals surface area contributed by atoms with E-state index in [1.54, 1.807) is 24.3 Å². The predicted octanol–water partition coefficient (Wildman–Crippen LogP) is 3.95. The van der Waals surface area contributed by atoms with E-state index in [0.717, 1.165) is 16.4 Å². The summed E-state index contributed by atoms with van der Waals surface area (Å²) in [7, 11) is -2.33. The van der Waals surface area contributed by atoms with E-state index in [4.69, 9.17) is 16.0 Å². The Bertz CT molecular complexity index is 987. The Morgan fingerprint density at radius 1 is 1.20 bits per heavy atom. The molecule has 0 bridgehead atoms. The topological polar surface area (TPSA) is 63.4 Å². The molecule has 0 saturated heterocycles. The molecule has 0 spiro atoms. The summed E-state index contributed by atoms with van der Waals surface area (Å²) in [6.45, 7) is 0.0176. The second-order valence-corrected chi connectivity index (χ2v) is 7.85. The molecule has 0 unspecified atom stereocenters. The fraction of sp³-hybridized carbons (Fsp3) is 0.118. The molecule has 25 heavy (non-hydrogen) atoms. The molecule has 2 aromatic carbocycles. The number of aromatic nitrogens is 1. The highest BCUT2D eigenvalue weighted by molar-refractivity contribution is 7.89. The smallest absolute Gasteiger partial charge is 0.243 e. The van der Waals surface area contributed by atoms with Crippen molar-refractivity contribution in [3.05, 3.63) is 71.3 Å². The third kappa shape index (κ3) is 3.89. The average Bonchev–Trinajstić information content (AvgIpc) is 3.04. The van der Waals surface area contributed by atoms with Gasteiger partial charge in [-0.2, -0.15) is 4.31 Å². The monoisotopic (exact) mass is 380 g/mol. The molecule has 0 saturated carbocycles. The van der Waals surface area contributed by atoms with Crippen LogP contribution in [0.5, 0.6) is 0 Å². The van der Waals surface area contributed by atoms with Gasteiger partial charge in [-0.25, -0.2) is 17.8 Å². The first-order chi connectivity index (χ1) is 11.9. The lowest BCUT2D eigenvalue weighted by Crippen LogP contribution is -2.26. The average molecular weight is 381 g/mol. The van der Waals surface area contributed by atoms with Gasteiger partial charge in [0.1, 0.15) is 12.1 Å². The van der Waals surface area contributed by atoms with Crippen molar-refractivity contribution < 1.29 is 17.2 Å². The molecule has 0 aliphatic rings. The van der Waals surface area contributed by atoms with Crippen LogP contribution in [-0.4, -0.2) is 24.8 Å². The first-order valence-electron chi connectivity index (χ1n) is 7.28. The highest BCUT2D eigenvalue weighted by atomic mass is 35.5. The van der Waals surface area contributed by atoms with Crippen molar-refractivity contribution in [2.75, 3.05) is 7.05 Å². The van der Waals surface area contributed by atoms with E-state index in [2.05, 4.69) is 4.98 Å². The summed E-state index contributed by atoms with van der Waals surface area (Å²) >= 11 is 5.94. The minimum atomic E-state index is -3.75. The van der Waals surface area contributed by atoms with Crippen LogP contribution in [0.1, 0.15) is 5.69 Å². The van der Waals surface area contributed by atoms with E-state index in [9.17, 15) is 12.8 Å². The van der Waals surface area contributed by atoms with E-state index in [1.807, 2.05) is 0 Å². The standard InChI is InChI=1S/C17H14ClFN2O3S/c1-21(25(22,23)16-7-5-14(19)6-8-16)10-15-11-24-17(20-15)12-3-2-4-13(18)9-12/h2-9,11H,10H2,1H3. The van der Waals surface area contributed by atoms with Gasteiger partial charge in [-0.15, -0.1) is 0 Å². The Kier molecular flexibility index (Phi) is 4.89. The molecule has 0 aliphatic carbocycles. The third-order valence-corrected chi connectivity index (χ3v) is 5.58. The molecule has 0 amide bonds. The van der Waals surface area contributed by atoms with E-state index < -0.39 is 15.8 Å². The van der Waals surface area contributed by atoms with E-state index in [1.165, 1.54) is 25.4 Å². The number of benzene rings is 2. The van der Waals surface area contributed by atoms with E-state index in [-0.39, 0.29) is 11.4 Å². The molecule has 0 atom stereocenters. The summed E-state index contributed by atoms with van der Waals surface area (Å²) < 4.78 is 44.5. The van der Waals surface area contributed by atoms with Crippen molar-refractivity contribution in [2.24, 2.45) is 0 Å². The van der Waals surface area contributed by atoms with Gasteiger partial charge in [-0.1, -0.05) is 17.7 Å². The zero-order chi connectivity index (χ0) is 18.0. The van der Waals surface area contributed by atoms with Crippen molar-refractivity contribution in [2.45, 2.75) is 11.4 Å². The summed E-state index contributed by atoms with van der Waals surface area (Å²) in [5.74, 6) is -0.144. The van der Waals surface area contributed by atoms with Crippen LogP contribution in [0.15, 0.2) is 64.1 Å². The lowest BCUT2D eigenvalue weighted by atomic mass is 10.2. The molecule has 3 aromatic rings. The van der Waals surface area contributed by atoms with Gasteiger partial charge in [-0.3, -0.25) is 0 Å². The number of oxazole rings is 1. The van der Waals surface area contributed by atoms with Gasteiger partial charge < -0.3 is 4.42 Å². The predicted molar refractivity (Wildman–Crippen MR) is 92.0 cm³/mol. The molecule has 8 heteroatoms. The second kappa shape index (κ2) is 6.95. The fourth-order valence-electron chi connectivity index (χ4n) is 2.23. The van der Waals surface area contributed by atoms with Crippen molar-refractivity contribution >= 4 is 21.6 Å². The number of sulfonamides is 1. The summed E-state index contributed by atoms with van der Waals surface area (Å²) in [6, 6.07) is 11.7. The van der Waals surface area contributed by atoms with Crippen LogP contribution in [-0.2, 0) is 16.6 Å². The Hall–Kier alpha value is -2.22. The first kappa shape index (κ1) is 17.6. The molecular formula is C17H14ClFN2O3S. The van der Waals surface area contributed by atoms with Gasteiger partial charge in [-0.05, 0) is 42.5 Å². The quantitative estimate of drug-likeness (QED) is 0.672.